The number of imidazole rings is 1. The van der Waals surface area contributed by atoms with Crippen LogP contribution in [0.2, 0.25) is 0 Å². The van der Waals surface area contributed by atoms with Crippen LogP contribution in [-0.4, -0.2) is 38.8 Å². The van der Waals surface area contributed by atoms with E-state index in [-0.39, 0.29) is 6.10 Å². The van der Waals surface area contributed by atoms with Crippen molar-refractivity contribution in [1.29, 1.82) is 5.26 Å². The van der Waals surface area contributed by atoms with Gasteiger partial charge in [-0.1, -0.05) is 0 Å². The molecule has 0 atom stereocenters. The van der Waals surface area contributed by atoms with Crippen LogP contribution in [0.5, 0.6) is 5.75 Å². The van der Waals surface area contributed by atoms with Gasteiger partial charge < -0.3 is 19.4 Å². The Bertz CT molecular complexity index is 1260. The molecule has 2 aromatic heterocycles. The molecule has 8 heteroatoms. The van der Waals surface area contributed by atoms with E-state index in [1.54, 1.807) is 24.8 Å². The molecule has 5 rings (SSSR count). The first-order chi connectivity index (χ1) is 16.3. The Morgan fingerprint density at radius 2 is 1.91 bits per heavy atom. The molecule has 33 heavy (non-hydrogen) atoms. The van der Waals surface area contributed by atoms with E-state index in [1.165, 1.54) is 0 Å². The van der Waals surface area contributed by atoms with Crippen LogP contribution in [0.3, 0.4) is 0 Å². The summed E-state index contributed by atoms with van der Waals surface area (Å²) in [5.41, 5.74) is 3.92. The van der Waals surface area contributed by atoms with Gasteiger partial charge in [-0.15, -0.1) is 0 Å². The van der Waals surface area contributed by atoms with Gasteiger partial charge in [-0.05, 0) is 48.5 Å². The lowest BCUT2D eigenvalue weighted by Crippen LogP contribution is -2.26. The van der Waals surface area contributed by atoms with Gasteiger partial charge in [0.2, 0.25) is 5.95 Å². The number of hydrogen-bond acceptors (Lipinski definition) is 7. The monoisotopic (exact) mass is 438 g/mol. The second-order valence-corrected chi connectivity index (χ2v) is 7.66. The van der Waals surface area contributed by atoms with Crippen molar-refractivity contribution in [2.75, 3.05) is 18.5 Å². The van der Waals surface area contributed by atoms with Crippen LogP contribution in [0.25, 0.3) is 16.9 Å². The first kappa shape index (κ1) is 20.7. The lowest BCUT2D eigenvalue weighted by molar-refractivity contribution is 0.0254. The molecule has 1 N–H and O–H groups in total. The molecule has 3 heterocycles. The number of nitriles is 1. The lowest BCUT2D eigenvalue weighted by Gasteiger charge is -2.23. The van der Waals surface area contributed by atoms with Gasteiger partial charge in [0.15, 0.2) is 0 Å². The van der Waals surface area contributed by atoms with Crippen LogP contribution in [-0.2, 0) is 4.74 Å². The van der Waals surface area contributed by atoms with Crippen molar-refractivity contribution in [3.8, 4) is 28.8 Å². The normalized spacial score (nSPS) is 13.9. The van der Waals surface area contributed by atoms with E-state index < -0.39 is 0 Å². The van der Waals surface area contributed by atoms with Crippen molar-refractivity contribution >= 4 is 11.6 Å². The summed E-state index contributed by atoms with van der Waals surface area (Å²) < 4.78 is 13.4. The summed E-state index contributed by atoms with van der Waals surface area (Å²) in [6.45, 7) is 1.38. The molecule has 0 bridgehead atoms. The van der Waals surface area contributed by atoms with Crippen molar-refractivity contribution in [3.63, 3.8) is 0 Å². The summed E-state index contributed by atoms with van der Waals surface area (Å²) in [5, 5.41) is 12.9. The molecule has 0 aliphatic carbocycles. The van der Waals surface area contributed by atoms with Gasteiger partial charge in [-0.25, -0.2) is 15.0 Å². The third kappa shape index (κ3) is 4.84. The summed E-state index contributed by atoms with van der Waals surface area (Å²) in [6, 6.07) is 17.5. The number of ether oxygens (including phenoxy) is 2. The maximum atomic E-state index is 9.65. The minimum atomic E-state index is 0.0757. The van der Waals surface area contributed by atoms with E-state index in [0.29, 0.717) is 30.5 Å². The second-order valence-electron chi connectivity index (χ2n) is 7.66. The summed E-state index contributed by atoms with van der Waals surface area (Å²) in [7, 11) is 0. The number of nitrogens with zero attached hydrogens (tertiary/aromatic N) is 5. The van der Waals surface area contributed by atoms with E-state index in [9.17, 15) is 5.26 Å². The molecule has 1 saturated heterocycles. The molecule has 164 valence electrons. The van der Waals surface area contributed by atoms with Crippen LogP contribution >= 0.6 is 0 Å². The molecular weight excluding hydrogens is 416 g/mol. The van der Waals surface area contributed by atoms with Gasteiger partial charge in [0, 0.05) is 48.4 Å². The maximum absolute atomic E-state index is 9.65. The zero-order chi connectivity index (χ0) is 22.5. The third-order valence-corrected chi connectivity index (χ3v) is 5.44. The van der Waals surface area contributed by atoms with E-state index in [1.807, 2.05) is 53.2 Å². The fourth-order valence-electron chi connectivity index (χ4n) is 3.69. The molecule has 1 aliphatic heterocycles. The SMILES string of the molecule is N#Cc1cc(-c2ccnc(Nc3ccc(-n4ccnc4)cc3)n2)ccc1OC1CCOCC1. The van der Waals surface area contributed by atoms with Gasteiger partial charge in [-0.3, -0.25) is 0 Å². The van der Waals surface area contributed by atoms with Crippen LogP contribution in [0.1, 0.15) is 18.4 Å². The zero-order valence-electron chi connectivity index (χ0n) is 17.9. The minimum Gasteiger partial charge on any atom is -0.489 e. The molecule has 8 nitrogen and oxygen atoms in total. The van der Waals surface area contributed by atoms with Crippen molar-refractivity contribution in [1.82, 2.24) is 19.5 Å². The summed E-state index contributed by atoms with van der Waals surface area (Å²) in [6.07, 6.45) is 8.82. The molecule has 0 saturated carbocycles. The predicted molar refractivity (Wildman–Crippen MR) is 123 cm³/mol. The predicted octanol–water partition coefficient (Wildman–Crippen LogP) is 4.50. The molecular formula is C25H22N6O2. The summed E-state index contributed by atoms with van der Waals surface area (Å²) in [4.78, 5) is 13.0. The smallest absolute Gasteiger partial charge is 0.227 e. The lowest BCUT2D eigenvalue weighted by atomic mass is 10.1. The molecule has 0 radical (unpaired) electrons. The number of aromatic nitrogens is 4. The highest BCUT2D eigenvalue weighted by Crippen LogP contribution is 2.28. The second kappa shape index (κ2) is 9.51. The highest BCUT2D eigenvalue weighted by atomic mass is 16.5. The topological polar surface area (TPSA) is 97.9 Å². The highest BCUT2D eigenvalue weighted by Gasteiger charge is 2.17. The van der Waals surface area contributed by atoms with Gasteiger partial charge >= 0.3 is 0 Å². The Labute approximate surface area is 191 Å². The Morgan fingerprint density at radius 1 is 1.06 bits per heavy atom. The zero-order valence-corrected chi connectivity index (χ0v) is 17.9. The van der Waals surface area contributed by atoms with Crippen molar-refractivity contribution in [2.45, 2.75) is 18.9 Å². The van der Waals surface area contributed by atoms with Crippen LogP contribution in [0.4, 0.5) is 11.6 Å². The van der Waals surface area contributed by atoms with Gasteiger partial charge in [0.05, 0.1) is 30.8 Å². The fraction of sp³-hybridized carbons (Fsp3) is 0.200. The maximum Gasteiger partial charge on any atom is 0.227 e. The van der Waals surface area contributed by atoms with Crippen LogP contribution < -0.4 is 10.1 Å². The molecule has 0 amide bonds. The Balaban J connectivity index is 1.32. The molecule has 1 fully saturated rings. The van der Waals surface area contributed by atoms with Crippen molar-refractivity contribution < 1.29 is 9.47 Å². The van der Waals surface area contributed by atoms with E-state index >= 15 is 0 Å². The average Bonchev–Trinajstić information content (AvgIpc) is 3.41. The van der Waals surface area contributed by atoms with Gasteiger partial charge in [-0.2, -0.15) is 5.26 Å². The van der Waals surface area contributed by atoms with Crippen LogP contribution in [0.15, 0.2) is 73.4 Å². The van der Waals surface area contributed by atoms with Gasteiger partial charge in [0.1, 0.15) is 17.9 Å². The Kier molecular flexibility index (Phi) is 5.95. The molecule has 4 aromatic rings. The molecule has 2 aromatic carbocycles. The number of benzene rings is 2. The van der Waals surface area contributed by atoms with E-state index in [2.05, 4.69) is 26.3 Å². The summed E-state index contributed by atoms with van der Waals surface area (Å²) in [5.74, 6) is 1.07. The Morgan fingerprint density at radius 3 is 2.67 bits per heavy atom. The largest absolute Gasteiger partial charge is 0.489 e. The fourth-order valence-corrected chi connectivity index (χ4v) is 3.69. The standard InChI is InChI=1S/C25H22N6O2/c26-16-19-15-18(1-6-24(19)33-22-8-13-32-14-9-22)23-7-10-28-25(30-23)29-20-2-4-21(5-3-20)31-12-11-27-17-31/h1-7,10-12,15,17,22H,8-9,13-14H2,(H,28,29,30). The number of nitrogens with one attached hydrogen (secondary N) is 1. The number of rotatable bonds is 6. The molecule has 0 spiro atoms. The quantitative estimate of drug-likeness (QED) is 0.473. The summed E-state index contributed by atoms with van der Waals surface area (Å²) >= 11 is 0. The first-order valence-electron chi connectivity index (χ1n) is 10.8. The average molecular weight is 438 g/mol. The first-order valence-corrected chi connectivity index (χ1v) is 10.8. The van der Waals surface area contributed by atoms with Crippen molar-refractivity contribution in [3.05, 3.63) is 79.0 Å². The van der Waals surface area contributed by atoms with Gasteiger partial charge in [0.25, 0.3) is 0 Å². The third-order valence-electron chi connectivity index (χ3n) is 5.44. The molecule has 0 unspecified atom stereocenters. The highest BCUT2D eigenvalue weighted by molar-refractivity contribution is 5.66. The number of hydrogen-bond donors (Lipinski definition) is 1. The number of anilines is 2. The van der Waals surface area contributed by atoms with E-state index in [4.69, 9.17) is 9.47 Å². The van der Waals surface area contributed by atoms with E-state index in [0.717, 1.165) is 35.5 Å². The Hall–Kier alpha value is -4.22. The van der Waals surface area contributed by atoms with Crippen LogP contribution in [0, 0.1) is 11.3 Å². The molecule has 1 aliphatic rings. The minimum absolute atomic E-state index is 0.0757. The van der Waals surface area contributed by atoms with Crippen molar-refractivity contribution in [2.24, 2.45) is 0 Å².